The maximum Gasteiger partial charge on any atom is 0.123 e. The summed E-state index contributed by atoms with van der Waals surface area (Å²) >= 11 is 3.54. The van der Waals surface area contributed by atoms with Crippen LogP contribution in [0.2, 0.25) is 0 Å². The minimum absolute atomic E-state index is 0.0532. The topological polar surface area (TPSA) is 24.9 Å². The van der Waals surface area contributed by atoms with E-state index in [9.17, 15) is 4.39 Å². The molecule has 0 aliphatic rings. The third-order valence-corrected chi connectivity index (χ3v) is 4.36. The molecule has 2 rings (SSSR count). The van der Waals surface area contributed by atoms with Crippen molar-refractivity contribution in [2.45, 2.75) is 32.2 Å². The number of pyridine rings is 1. The van der Waals surface area contributed by atoms with E-state index in [4.69, 9.17) is 0 Å². The lowest BCUT2D eigenvalue weighted by atomic mass is 9.89. The van der Waals surface area contributed by atoms with Gasteiger partial charge in [-0.25, -0.2) is 4.39 Å². The maximum atomic E-state index is 13.6. The molecule has 21 heavy (non-hydrogen) atoms. The Morgan fingerprint density at radius 3 is 2.62 bits per heavy atom. The summed E-state index contributed by atoms with van der Waals surface area (Å²) in [6, 6.07) is 8.93. The first kappa shape index (κ1) is 16.1. The highest BCUT2D eigenvalue weighted by atomic mass is 79.9. The number of hydrogen-bond acceptors (Lipinski definition) is 2. The van der Waals surface area contributed by atoms with Crippen molar-refractivity contribution >= 4 is 15.9 Å². The minimum Gasteiger partial charge on any atom is -0.309 e. The number of hydrogen-bond donors (Lipinski definition) is 1. The molecule has 1 aromatic carbocycles. The lowest BCUT2D eigenvalue weighted by molar-refractivity contribution is 0.462. The van der Waals surface area contributed by atoms with E-state index in [2.05, 4.69) is 40.1 Å². The summed E-state index contributed by atoms with van der Waals surface area (Å²) in [5.41, 5.74) is 2.14. The van der Waals surface area contributed by atoms with E-state index >= 15 is 0 Å². The Bertz CT molecular complexity index is 574. The summed E-state index contributed by atoms with van der Waals surface area (Å²) in [5, 5.41) is 3.53. The molecule has 4 heteroatoms. The van der Waals surface area contributed by atoms with Crippen LogP contribution in [0.3, 0.4) is 0 Å². The van der Waals surface area contributed by atoms with E-state index in [0.717, 1.165) is 23.0 Å². The van der Waals surface area contributed by atoms with Crippen molar-refractivity contribution in [3.63, 3.8) is 0 Å². The molecule has 0 aliphatic heterocycles. The predicted octanol–water partition coefficient (Wildman–Crippen LogP) is 4.83. The molecule has 0 amide bonds. The van der Waals surface area contributed by atoms with Gasteiger partial charge in [0.15, 0.2) is 0 Å². The first-order valence-corrected chi connectivity index (χ1v) is 8.01. The maximum absolute atomic E-state index is 13.6. The summed E-state index contributed by atoms with van der Waals surface area (Å²) in [7, 11) is 0. The molecule has 0 spiro atoms. The molecule has 2 aromatic rings. The number of nitrogens with one attached hydrogen (secondary N) is 1. The van der Waals surface area contributed by atoms with Gasteiger partial charge in [0.1, 0.15) is 5.82 Å². The fourth-order valence-electron chi connectivity index (χ4n) is 2.47. The zero-order chi connectivity index (χ0) is 15.2. The molecule has 0 bridgehead atoms. The Hall–Kier alpha value is -1.26. The van der Waals surface area contributed by atoms with Crippen molar-refractivity contribution in [3.05, 3.63) is 64.1 Å². The number of rotatable bonds is 6. The fraction of sp³-hybridized carbons (Fsp3) is 0.353. The fourth-order valence-corrected chi connectivity index (χ4v) is 2.96. The van der Waals surface area contributed by atoms with Crippen LogP contribution in [-0.4, -0.2) is 11.5 Å². The molecule has 1 heterocycles. The molecule has 0 fully saturated rings. The second-order valence-corrected chi connectivity index (χ2v) is 6.02. The molecule has 2 atom stereocenters. The molecular formula is C17H20BrFN2. The molecule has 0 radical (unpaired) electrons. The van der Waals surface area contributed by atoms with Crippen molar-refractivity contribution in [1.82, 2.24) is 10.3 Å². The van der Waals surface area contributed by atoms with Crippen molar-refractivity contribution in [2.24, 2.45) is 0 Å². The van der Waals surface area contributed by atoms with Gasteiger partial charge in [-0.1, -0.05) is 29.8 Å². The van der Waals surface area contributed by atoms with Crippen molar-refractivity contribution in [3.8, 4) is 0 Å². The Balaban J connectivity index is 2.36. The van der Waals surface area contributed by atoms with Crippen LogP contribution in [0.1, 0.15) is 43.4 Å². The molecule has 1 N–H and O–H groups in total. The summed E-state index contributed by atoms with van der Waals surface area (Å²) in [4.78, 5) is 4.06. The van der Waals surface area contributed by atoms with E-state index in [1.165, 1.54) is 11.6 Å². The van der Waals surface area contributed by atoms with Gasteiger partial charge < -0.3 is 5.32 Å². The molecule has 0 saturated carbocycles. The Morgan fingerprint density at radius 1 is 1.24 bits per heavy atom. The van der Waals surface area contributed by atoms with Crippen LogP contribution in [0.15, 0.2) is 47.2 Å². The zero-order valence-corrected chi connectivity index (χ0v) is 13.9. The van der Waals surface area contributed by atoms with Gasteiger partial charge in [0.05, 0.1) is 0 Å². The third-order valence-electron chi connectivity index (χ3n) is 3.64. The number of halogens is 2. The Labute approximate surface area is 133 Å². The smallest absolute Gasteiger partial charge is 0.123 e. The van der Waals surface area contributed by atoms with E-state index in [0.29, 0.717) is 0 Å². The largest absolute Gasteiger partial charge is 0.309 e. The molecule has 1 aromatic heterocycles. The van der Waals surface area contributed by atoms with Crippen molar-refractivity contribution in [1.29, 1.82) is 0 Å². The van der Waals surface area contributed by atoms with Crippen LogP contribution in [0.4, 0.5) is 4.39 Å². The van der Waals surface area contributed by atoms with Crippen LogP contribution in [-0.2, 0) is 0 Å². The summed E-state index contributed by atoms with van der Waals surface area (Å²) in [6.45, 7) is 5.17. The lowest BCUT2D eigenvalue weighted by Crippen LogP contribution is -2.27. The SMILES string of the molecule is CCCNC(c1cc(F)ccc1Br)C(C)c1ccncc1. The van der Waals surface area contributed by atoms with Gasteiger partial charge in [0, 0.05) is 28.8 Å². The van der Waals surface area contributed by atoms with Crippen LogP contribution >= 0.6 is 15.9 Å². The van der Waals surface area contributed by atoms with E-state index in [1.807, 2.05) is 12.1 Å². The van der Waals surface area contributed by atoms with Gasteiger partial charge in [0.25, 0.3) is 0 Å². The minimum atomic E-state index is -0.210. The number of nitrogens with zero attached hydrogens (tertiary/aromatic N) is 1. The van der Waals surface area contributed by atoms with E-state index in [1.54, 1.807) is 24.5 Å². The monoisotopic (exact) mass is 350 g/mol. The second-order valence-electron chi connectivity index (χ2n) is 5.17. The van der Waals surface area contributed by atoms with E-state index in [-0.39, 0.29) is 17.8 Å². The molecular weight excluding hydrogens is 331 g/mol. The standard InChI is InChI=1S/C17H20BrFN2/c1-3-8-21-17(12(2)13-6-9-20-10-7-13)15-11-14(19)4-5-16(15)18/h4-7,9-12,17,21H,3,8H2,1-2H3. The Kier molecular flexibility index (Phi) is 5.88. The summed E-state index contributed by atoms with van der Waals surface area (Å²) in [6.07, 6.45) is 4.62. The average Bonchev–Trinajstić information content (AvgIpc) is 2.51. The Morgan fingerprint density at radius 2 is 1.95 bits per heavy atom. The van der Waals surface area contributed by atoms with E-state index < -0.39 is 0 Å². The van der Waals surface area contributed by atoms with Gasteiger partial charge in [0.2, 0.25) is 0 Å². The highest BCUT2D eigenvalue weighted by Gasteiger charge is 2.22. The molecule has 2 unspecified atom stereocenters. The normalized spacial score (nSPS) is 13.9. The first-order chi connectivity index (χ1) is 10.1. The molecule has 2 nitrogen and oxygen atoms in total. The van der Waals surface area contributed by atoms with Gasteiger partial charge >= 0.3 is 0 Å². The second kappa shape index (κ2) is 7.66. The number of aromatic nitrogens is 1. The first-order valence-electron chi connectivity index (χ1n) is 7.21. The quantitative estimate of drug-likeness (QED) is 0.807. The van der Waals surface area contributed by atoms with Gasteiger partial charge in [-0.05, 0) is 54.4 Å². The third kappa shape index (κ3) is 4.11. The molecule has 0 saturated heterocycles. The highest BCUT2D eigenvalue weighted by molar-refractivity contribution is 9.10. The van der Waals surface area contributed by atoms with Gasteiger partial charge in [-0.2, -0.15) is 0 Å². The van der Waals surface area contributed by atoms with Gasteiger partial charge in [-0.15, -0.1) is 0 Å². The van der Waals surface area contributed by atoms with Crippen molar-refractivity contribution in [2.75, 3.05) is 6.54 Å². The zero-order valence-electron chi connectivity index (χ0n) is 12.3. The van der Waals surface area contributed by atoms with Gasteiger partial charge in [-0.3, -0.25) is 4.98 Å². The molecule has 112 valence electrons. The number of benzene rings is 1. The van der Waals surface area contributed by atoms with Crippen molar-refractivity contribution < 1.29 is 4.39 Å². The van der Waals surface area contributed by atoms with Crippen LogP contribution in [0, 0.1) is 5.82 Å². The predicted molar refractivity (Wildman–Crippen MR) is 87.8 cm³/mol. The highest BCUT2D eigenvalue weighted by Crippen LogP contribution is 2.34. The lowest BCUT2D eigenvalue weighted by Gasteiger charge is -2.27. The summed E-state index contributed by atoms with van der Waals surface area (Å²) in [5.74, 6) is 0.0103. The van der Waals surface area contributed by atoms with Crippen LogP contribution in [0.5, 0.6) is 0 Å². The average molecular weight is 351 g/mol. The summed E-state index contributed by atoms with van der Waals surface area (Å²) < 4.78 is 14.6. The molecule has 0 aliphatic carbocycles. The van der Waals surface area contributed by atoms with Crippen LogP contribution < -0.4 is 5.32 Å². The van der Waals surface area contributed by atoms with Crippen LogP contribution in [0.25, 0.3) is 0 Å².